The Balaban J connectivity index is 0.786. The second-order valence-corrected chi connectivity index (χ2v) is 15.7. The van der Waals surface area contributed by atoms with E-state index < -0.39 is 23.9 Å². The van der Waals surface area contributed by atoms with E-state index >= 15 is 0 Å². The van der Waals surface area contributed by atoms with E-state index in [0.29, 0.717) is 33.6 Å². The van der Waals surface area contributed by atoms with Gasteiger partial charge in [-0.15, -0.1) is 0 Å². The molecule has 14 nitrogen and oxygen atoms in total. The maximum Gasteiger partial charge on any atom is 0.410 e. The van der Waals surface area contributed by atoms with E-state index in [0.717, 1.165) is 34.4 Å². The smallest absolute Gasteiger partial charge is 0.410 e. The molecule has 5 aromatic carbocycles. The number of piperazine rings is 1. The van der Waals surface area contributed by atoms with Crippen LogP contribution in [0, 0.1) is 18.8 Å². The van der Waals surface area contributed by atoms with Crippen LogP contribution < -0.4 is 10.1 Å². The lowest BCUT2D eigenvalue weighted by atomic mass is 9.95. The fraction of sp³-hybridized carbons (Fsp3) is 0.235. The zero-order chi connectivity index (χ0) is 45.6. The van der Waals surface area contributed by atoms with Gasteiger partial charge in [0, 0.05) is 60.0 Å². The summed E-state index contributed by atoms with van der Waals surface area (Å²) < 4.78 is 16.1. The van der Waals surface area contributed by atoms with Crippen molar-refractivity contribution in [3.63, 3.8) is 0 Å². The molecule has 1 saturated heterocycles. The molecule has 8 rings (SSSR count). The van der Waals surface area contributed by atoms with Crippen LogP contribution in [0.4, 0.5) is 4.79 Å². The number of rotatable bonds is 12. The number of ether oxygens (including phenoxy) is 3. The van der Waals surface area contributed by atoms with E-state index in [4.69, 9.17) is 14.2 Å². The van der Waals surface area contributed by atoms with Gasteiger partial charge in [-0.05, 0) is 103 Å². The van der Waals surface area contributed by atoms with Crippen molar-refractivity contribution in [1.82, 2.24) is 20.0 Å². The number of ketones is 1. The van der Waals surface area contributed by atoms with Crippen molar-refractivity contribution in [3.8, 4) is 28.7 Å². The topological polar surface area (TPSA) is 169 Å². The van der Waals surface area contributed by atoms with Crippen molar-refractivity contribution >= 4 is 41.5 Å². The number of benzene rings is 5. The molecule has 0 aromatic heterocycles. The first-order valence-corrected chi connectivity index (χ1v) is 21.2. The molecule has 0 unspecified atom stereocenters. The summed E-state index contributed by atoms with van der Waals surface area (Å²) in [7, 11) is 1.22. The minimum absolute atomic E-state index is 0.0258. The van der Waals surface area contributed by atoms with E-state index in [9.17, 15) is 33.6 Å². The average Bonchev–Trinajstić information content (AvgIpc) is 4.13. The number of hydrogen-bond acceptors (Lipinski definition) is 10. The number of aryl methyl sites for hydroxylation is 1. The van der Waals surface area contributed by atoms with Crippen molar-refractivity contribution in [3.05, 3.63) is 159 Å². The summed E-state index contributed by atoms with van der Waals surface area (Å²) in [5.41, 5.74) is 5.62. The van der Waals surface area contributed by atoms with E-state index in [1.807, 2.05) is 37.3 Å². The molecule has 2 heterocycles. The molecule has 14 heteroatoms. The first-order chi connectivity index (χ1) is 31.5. The number of hydrogen-bond donors (Lipinski definition) is 1. The maximum absolute atomic E-state index is 13.6. The Kier molecular flexibility index (Phi) is 12.8. The highest BCUT2D eigenvalue weighted by molar-refractivity contribution is 6.21. The minimum atomic E-state index is -0.665. The molecule has 0 radical (unpaired) electrons. The number of imide groups is 1. The van der Waals surface area contributed by atoms with Crippen LogP contribution in [0.5, 0.6) is 5.75 Å². The molecule has 1 N–H and O–H groups in total. The summed E-state index contributed by atoms with van der Waals surface area (Å²) in [4.78, 5) is 94.5. The summed E-state index contributed by atoms with van der Waals surface area (Å²) in [5, 5.41) is 3.02. The average molecular weight is 873 g/mol. The fourth-order valence-corrected chi connectivity index (χ4v) is 7.56. The van der Waals surface area contributed by atoms with Gasteiger partial charge in [0.15, 0.2) is 5.78 Å². The van der Waals surface area contributed by atoms with Gasteiger partial charge >= 0.3 is 12.1 Å². The van der Waals surface area contributed by atoms with Gasteiger partial charge in [-0.3, -0.25) is 28.9 Å². The Morgan fingerprint density at radius 1 is 0.692 bits per heavy atom. The molecule has 5 aromatic rings. The zero-order valence-corrected chi connectivity index (χ0v) is 35.8. The van der Waals surface area contributed by atoms with Gasteiger partial charge in [-0.1, -0.05) is 54.3 Å². The predicted molar refractivity (Wildman–Crippen MR) is 238 cm³/mol. The molecule has 2 aliphatic heterocycles. The van der Waals surface area contributed by atoms with Crippen LogP contribution in [0.2, 0.25) is 0 Å². The highest BCUT2D eigenvalue weighted by Crippen LogP contribution is 2.28. The van der Waals surface area contributed by atoms with Crippen molar-refractivity contribution in [2.24, 2.45) is 0 Å². The molecule has 328 valence electrons. The number of carbonyl (C=O) groups is 7. The van der Waals surface area contributed by atoms with Crippen LogP contribution in [0.15, 0.2) is 109 Å². The van der Waals surface area contributed by atoms with Crippen molar-refractivity contribution in [1.29, 1.82) is 0 Å². The Morgan fingerprint density at radius 3 is 1.95 bits per heavy atom. The van der Waals surface area contributed by atoms with Gasteiger partial charge in [0.05, 0.1) is 30.3 Å². The van der Waals surface area contributed by atoms with Crippen LogP contribution in [-0.4, -0.2) is 115 Å². The summed E-state index contributed by atoms with van der Waals surface area (Å²) in [6, 6.07) is 30.8. The summed E-state index contributed by atoms with van der Waals surface area (Å²) in [6.07, 6.45) is 1.48. The van der Waals surface area contributed by atoms with Gasteiger partial charge in [0.2, 0.25) is 0 Å². The van der Waals surface area contributed by atoms with Gasteiger partial charge in [-0.2, -0.15) is 0 Å². The van der Waals surface area contributed by atoms with Gasteiger partial charge in [0.25, 0.3) is 23.6 Å². The van der Waals surface area contributed by atoms with Crippen molar-refractivity contribution in [2.75, 3.05) is 53.0 Å². The minimum Gasteiger partial charge on any atom is -0.490 e. The number of amides is 5. The Labute approximate surface area is 375 Å². The lowest BCUT2D eigenvalue weighted by Crippen LogP contribution is -2.50. The molecule has 2 fully saturated rings. The molecular formula is C51H44N4O10. The molecule has 3 aliphatic rings. The normalized spacial score (nSPS) is 14.2. The third-order valence-electron chi connectivity index (χ3n) is 11.4. The van der Waals surface area contributed by atoms with E-state index in [-0.39, 0.29) is 86.3 Å². The van der Waals surface area contributed by atoms with Crippen molar-refractivity contribution < 1.29 is 47.8 Å². The van der Waals surface area contributed by atoms with Crippen LogP contribution in [0.1, 0.15) is 91.7 Å². The number of methoxy groups -OCH3 is 1. The van der Waals surface area contributed by atoms with E-state index in [1.54, 1.807) is 65.6 Å². The Hall–Kier alpha value is -8.05. The third kappa shape index (κ3) is 9.79. The number of nitrogens with zero attached hydrogens (tertiary/aromatic N) is 3. The van der Waals surface area contributed by atoms with E-state index in [2.05, 4.69) is 17.2 Å². The summed E-state index contributed by atoms with van der Waals surface area (Å²) >= 11 is 0. The number of nitrogens with one attached hydrogen (secondary N) is 1. The molecule has 0 spiro atoms. The predicted octanol–water partition coefficient (Wildman–Crippen LogP) is 6.19. The fourth-order valence-electron chi connectivity index (χ4n) is 7.56. The lowest BCUT2D eigenvalue weighted by molar-refractivity contribution is 0.0529. The van der Waals surface area contributed by atoms with Crippen LogP contribution in [0.25, 0.3) is 11.1 Å². The zero-order valence-electron chi connectivity index (χ0n) is 35.8. The third-order valence-corrected chi connectivity index (χ3v) is 11.4. The quantitative estimate of drug-likeness (QED) is 0.0502. The van der Waals surface area contributed by atoms with E-state index in [1.165, 1.54) is 30.2 Å². The highest BCUT2D eigenvalue weighted by Gasteiger charge is 2.34. The number of fused-ring (bicyclic) bond motifs is 1. The van der Waals surface area contributed by atoms with Crippen molar-refractivity contribution in [2.45, 2.75) is 25.8 Å². The standard InChI is InChI=1S/C51H44N4O10/c1-32-9-10-37(46(57)52-39-18-19-39)31-44(32)33-11-13-34(14-12-33)45(56)35-15-20-40(21-16-35)64-28-29-65-51(62)54-26-24-53(25-27-54)47(58)38-17-22-41(50(61)63-2)36(30-38)6-5-23-55-48(59)42-7-3-4-8-43(42)49(55)60/h3-4,7-17,20-22,30-31,39H,18-19,23-29H2,1-2H3,(H,52,57). The monoisotopic (exact) mass is 872 g/mol. The lowest BCUT2D eigenvalue weighted by Gasteiger charge is -2.34. The van der Waals surface area contributed by atoms with Gasteiger partial charge in [-0.25, -0.2) is 9.59 Å². The molecule has 5 amide bonds. The number of esters is 1. The first-order valence-electron chi connectivity index (χ1n) is 21.2. The number of carbonyl (C=O) groups excluding carboxylic acids is 7. The summed E-state index contributed by atoms with van der Waals surface area (Å²) in [5.74, 6) is 3.97. The van der Waals surface area contributed by atoms with Crippen LogP contribution >= 0.6 is 0 Å². The first kappa shape index (κ1) is 43.6. The summed E-state index contributed by atoms with van der Waals surface area (Å²) in [6.45, 7) is 2.73. The molecular weight excluding hydrogens is 829 g/mol. The highest BCUT2D eigenvalue weighted by atomic mass is 16.6. The molecule has 65 heavy (non-hydrogen) atoms. The Morgan fingerprint density at radius 2 is 1.31 bits per heavy atom. The largest absolute Gasteiger partial charge is 0.490 e. The molecule has 0 atom stereocenters. The van der Waals surface area contributed by atoms with Gasteiger partial charge in [0.1, 0.15) is 19.0 Å². The second-order valence-electron chi connectivity index (χ2n) is 15.7. The van der Waals surface area contributed by atoms with Crippen LogP contribution in [0.3, 0.4) is 0 Å². The second kappa shape index (κ2) is 19.1. The SMILES string of the molecule is COC(=O)c1ccc(C(=O)N2CCN(C(=O)OCCOc3ccc(C(=O)c4ccc(-c5cc(C(=O)NC6CC6)ccc5C)cc4)cc3)CC2)cc1C#CCN1C(=O)c2ccccc2C1=O. The van der Waals surface area contributed by atoms with Gasteiger partial charge < -0.3 is 29.3 Å². The van der Waals surface area contributed by atoms with Crippen LogP contribution in [-0.2, 0) is 9.47 Å². The molecule has 0 bridgehead atoms. The molecule has 1 aliphatic carbocycles. The molecule has 1 saturated carbocycles. The maximum atomic E-state index is 13.6. The Bertz CT molecular complexity index is 2740.